The van der Waals surface area contributed by atoms with E-state index in [9.17, 15) is 13.2 Å². The predicted molar refractivity (Wildman–Crippen MR) is 116 cm³/mol. The molecule has 1 fully saturated rings. The number of hydrogen-bond donors (Lipinski definition) is 1. The Morgan fingerprint density at radius 2 is 1.93 bits per heavy atom. The van der Waals surface area contributed by atoms with Crippen LogP contribution >= 0.6 is 24.0 Å². The highest BCUT2D eigenvalue weighted by Crippen LogP contribution is 2.25. The Labute approximate surface area is 181 Å². The van der Waals surface area contributed by atoms with E-state index < -0.39 is 12.2 Å². The van der Waals surface area contributed by atoms with Gasteiger partial charge in [-0.3, -0.25) is 9.89 Å². The number of ether oxygens (including phenoxy) is 1. The van der Waals surface area contributed by atoms with Crippen molar-refractivity contribution < 1.29 is 17.9 Å². The second kappa shape index (κ2) is 11.5. The zero-order chi connectivity index (χ0) is 19.9. The fraction of sp³-hybridized carbons (Fsp3) is 0.526. The normalized spacial score (nSPS) is 16.9. The minimum Gasteiger partial charge on any atom is -0.489 e. The number of piperazine rings is 1. The lowest BCUT2D eigenvalue weighted by Crippen LogP contribution is -2.56. The molecule has 28 heavy (non-hydrogen) atoms. The summed E-state index contributed by atoms with van der Waals surface area (Å²) in [5, 5.41) is 3.28. The van der Waals surface area contributed by atoms with E-state index in [1.54, 1.807) is 13.1 Å². The predicted octanol–water partition coefficient (Wildman–Crippen LogP) is 3.51. The maximum atomic E-state index is 12.9. The van der Waals surface area contributed by atoms with Crippen LogP contribution in [0.4, 0.5) is 13.2 Å². The SMILES string of the molecule is C=CCOc1ccccc1CNC(=NC)N1CCN(C(C)C(F)(F)F)CC1.I. The van der Waals surface area contributed by atoms with Crippen molar-refractivity contribution in [3.63, 3.8) is 0 Å². The van der Waals surface area contributed by atoms with Crippen LogP contribution in [0.5, 0.6) is 5.75 Å². The monoisotopic (exact) mass is 512 g/mol. The van der Waals surface area contributed by atoms with Gasteiger partial charge in [-0.2, -0.15) is 13.2 Å². The number of benzene rings is 1. The van der Waals surface area contributed by atoms with Crippen LogP contribution in [0.15, 0.2) is 41.9 Å². The molecule has 1 aromatic rings. The van der Waals surface area contributed by atoms with Crippen molar-refractivity contribution in [2.24, 2.45) is 4.99 Å². The molecule has 0 aromatic heterocycles. The molecule has 0 amide bonds. The summed E-state index contributed by atoms with van der Waals surface area (Å²) in [5.41, 5.74) is 0.977. The first-order valence-corrected chi connectivity index (χ1v) is 8.94. The largest absolute Gasteiger partial charge is 0.489 e. The molecule has 0 spiro atoms. The molecule has 1 heterocycles. The quantitative estimate of drug-likeness (QED) is 0.274. The first-order valence-electron chi connectivity index (χ1n) is 8.94. The third-order valence-electron chi connectivity index (χ3n) is 4.61. The fourth-order valence-corrected chi connectivity index (χ4v) is 2.97. The highest BCUT2D eigenvalue weighted by atomic mass is 127. The lowest BCUT2D eigenvalue weighted by Gasteiger charge is -2.39. The number of nitrogens with one attached hydrogen (secondary N) is 1. The molecule has 1 aliphatic rings. The second-order valence-electron chi connectivity index (χ2n) is 6.35. The Bertz CT molecular complexity index is 646. The molecule has 1 N–H and O–H groups in total. The van der Waals surface area contributed by atoms with E-state index in [4.69, 9.17) is 4.74 Å². The summed E-state index contributed by atoms with van der Waals surface area (Å²) < 4.78 is 44.3. The summed E-state index contributed by atoms with van der Waals surface area (Å²) >= 11 is 0. The van der Waals surface area contributed by atoms with Gasteiger partial charge in [0.25, 0.3) is 0 Å². The first kappa shape index (κ1) is 24.5. The Kier molecular flexibility index (Phi) is 10.1. The molecule has 1 saturated heterocycles. The van der Waals surface area contributed by atoms with Gasteiger partial charge in [-0.25, -0.2) is 0 Å². The van der Waals surface area contributed by atoms with Crippen molar-refractivity contribution in [1.82, 2.24) is 15.1 Å². The summed E-state index contributed by atoms with van der Waals surface area (Å²) in [7, 11) is 1.67. The van der Waals surface area contributed by atoms with Crippen LogP contribution in [0.25, 0.3) is 0 Å². The second-order valence-corrected chi connectivity index (χ2v) is 6.35. The fourth-order valence-electron chi connectivity index (χ4n) is 2.97. The van der Waals surface area contributed by atoms with Crippen molar-refractivity contribution in [1.29, 1.82) is 0 Å². The van der Waals surface area contributed by atoms with Crippen LogP contribution in [0.1, 0.15) is 12.5 Å². The van der Waals surface area contributed by atoms with Crippen molar-refractivity contribution in [2.45, 2.75) is 25.7 Å². The average Bonchev–Trinajstić information content (AvgIpc) is 2.66. The summed E-state index contributed by atoms with van der Waals surface area (Å²) in [4.78, 5) is 7.71. The van der Waals surface area contributed by atoms with E-state index in [0.29, 0.717) is 45.3 Å². The third-order valence-corrected chi connectivity index (χ3v) is 4.61. The highest BCUT2D eigenvalue weighted by molar-refractivity contribution is 14.0. The topological polar surface area (TPSA) is 40.1 Å². The van der Waals surface area contributed by atoms with E-state index in [0.717, 1.165) is 11.3 Å². The third kappa shape index (κ3) is 6.84. The van der Waals surface area contributed by atoms with Crippen LogP contribution in [0, 0.1) is 0 Å². The van der Waals surface area contributed by atoms with Gasteiger partial charge in [-0.05, 0) is 13.0 Å². The molecule has 5 nitrogen and oxygen atoms in total. The van der Waals surface area contributed by atoms with Gasteiger partial charge in [0.15, 0.2) is 5.96 Å². The molecule has 1 aliphatic heterocycles. The molecule has 0 radical (unpaired) electrons. The lowest BCUT2D eigenvalue weighted by molar-refractivity contribution is -0.181. The van der Waals surface area contributed by atoms with E-state index in [1.807, 2.05) is 29.2 Å². The maximum absolute atomic E-state index is 12.9. The molecule has 158 valence electrons. The standard InChI is InChI=1S/C19H27F3N4O.HI/c1-4-13-27-17-8-6-5-7-16(17)14-24-18(23-3)26-11-9-25(10-12-26)15(2)19(20,21)22;/h4-8,15H,1,9-14H2,2-3H3,(H,23,24);1H. The van der Waals surface area contributed by atoms with Crippen molar-refractivity contribution in [2.75, 3.05) is 39.8 Å². The number of aliphatic imine (C=N–C) groups is 1. The van der Waals surface area contributed by atoms with Crippen LogP contribution < -0.4 is 10.1 Å². The number of guanidine groups is 1. The van der Waals surface area contributed by atoms with Crippen LogP contribution in [0.3, 0.4) is 0 Å². The summed E-state index contributed by atoms with van der Waals surface area (Å²) in [6, 6.07) is 6.25. The number of rotatable bonds is 6. The molecular formula is C19H28F3IN4O. The zero-order valence-electron chi connectivity index (χ0n) is 16.2. The zero-order valence-corrected chi connectivity index (χ0v) is 18.5. The minimum absolute atomic E-state index is 0. The number of halogens is 4. The van der Waals surface area contributed by atoms with Crippen molar-refractivity contribution in [3.05, 3.63) is 42.5 Å². The van der Waals surface area contributed by atoms with E-state index in [1.165, 1.54) is 11.8 Å². The van der Waals surface area contributed by atoms with Crippen molar-refractivity contribution in [3.8, 4) is 5.75 Å². The van der Waals surface area contributed by atoms with Gasteiger partial charge in [-0.15, -0.1) is 24.0 Å². The van der Waals surface area contributed by atoms with Crippen LogP contribution in [-0.2, 0) is 6.54 Å². The molecule has 0 bridgehead atoms. The molecule has 1 atom stereocenters. The Morgan fingerprint density at radius 3 is 2.50 bits per heavy atom. The van der Waals surface area contributed by atoms with E-state index in [2.05, 4.69) is 16.9 Å². The number of alkyl halides is 3. The first-order chi connectivity index (χ1) is 12.9. The molecule has 0 aliphatic carbocycles. The van der Waals surface area contributed by atoms with E-state index >= 15 is 0 Å². The number of para-hydroxylation sites is 1. The van der Waals surface area contributed by atoms with Gasteiger partial charge in [0.05, 0.1) is 0 Å². The van der Waals surface area contributed by atoms with Gasteiger partial charge in [0.1, 0.15) is 18.4 Å². The highest BCUT2D eigenvalue weighted by Gasteiger charge is 2.41. The molecular weight excluding hydrogens is 484 g/mol. The summed E-state index contributed by atoms with van der Waals surface area (Å²) in [6.45, 7) is 7.48. The number of hydrogen-bond acceptors (Lipinski definition) is 3. The van der Waals surface area contributed by atoms with E-state index in [-0.39, 0.29) is 24.0 Å². The van der Waals surface area contributed by atoms with Gasteiger partial charge in [0, 0.05) is 45.3 Å². The van der Waals surface area contributed by atoms with Gasteiger partial charge < -0.3 is 15.0 Å². The van der Waals surface area contributed by atoms with Gasteiger partial charge in [0.2, 0.25) is 0 Å². The Balaban J connectivity index is 0.00000392. The average molecular weight is 512 g/mol. The molecule has 9 heteroatoms. The number of nitrogens with zero attached hydrogens (tertiary/aromatic N) is 3. The van der Waals surface area contributed by atoms with Crippen LogP contribution in [0.2, 0.25) is 0 Å². The maximum Gasteiger partial charge on any atom is 0.403 e. The van der Waals surface area contributed by atoms with Gasteiger partial charge in [-0.1, -0.05) is 30.9 Å². The summed E-state index contributed by atoms with van der Waals surface area (Å²) in [5.74, 6) is 1.44. The van der Waals surface area contributed by atoms with Crippen LogP contribution in [-0.4, -0.2) is 67.8 Å². The Hall–Kier alpha value is -1.49. The van der Waals surface area contributed by atoms with Gasteiger partial charge >= 0.3 is 6.18 Å². The molecule has 2 rings (SSSR count). The summed E-state index contributed by atoms with van der Waals surface area (Å²) in [6.07, 6.45) is -2.51. The minimum atomic E-state index is -4.20. The smallest absolute Gasteiger partial charge is 0.403 e. The Morgan fingerprint density at radius 1 is 1.29 bits per heavy atom. The molecule has 0 saturated carbocycles. The molecule has 1 unspecified atom stereocenters. The molecule has 1 aromatic carbocycles. The lowest BCUT2D eigenvalue weighted by atomic mass is 10.2. The van der Waals surface area contributed by atoms with Crippen molar-refractivity contribution >= 4 is 29.9 Å².